The summed E-state index contributed by atoms with van der Waals surface area (Å²) in [5.41, 5.74) is 0. The van der Waals surface area contributed by atoms with Gasteiger partial charge in [0.05, 0.1) is 6.61 Å². The van der Waals surface area contributed by atoms with Crippen LogP contribution in [-0.2, 0) is 15.4 Å². The topological polar surface area (TPSA) is 38.3 Å². The molecule has 0 saturated carbocycles. The zero-order valence-corrected chi connectivity index (χ0v) is 4.66. The van der Waals surface area contributed by atoms with Gasteiger partial charge in [-0.2, -0.15) is 0 Å². The van der Waals surface area contributed by atoms with Gasteiger partial charge in [0.1, 0.15) is 0 Å². The highest BCUT2D eigenvalue weighted by Crippen LogP contribution is 1.90. The molecule has 1 atom stereocenters. The molecule has 0 amide bonds. The average molecular weight is 121 g/mol. The van der Waals surface area contributed by atoms with Gasteiger partial charge < -0.3 is 0 Å². The molecule has 1 fully saturated rings. The van der Waals surface area contributed by atoms with Crippen molar-refractivity contribution in [2.24, 2.45) is 0 Å². The fraction of sp³-hybridized carbons (Fsp3) is 1.00. The molecule has 0 bridgehead atoms. The van der Waals surface area contributed by atoms with Crippen LogP contribution in [0.3, 0.4) is 0 Å². The van der Waals surface area contributed by atoms with E-state index in [-0.39, 0.29) is 0 Å². The first-order valence-corrected chi connectivity index (χ1v) is 3.25. The van der Waals surface area contributed by atoms with Crippen LogP contribution in [-0.4, -0.2) is 17.4 Å². The van der Waals surface area contributed by atoms with Crippen molar-refractivity contribution in [2.75, 3.05) is 13.2 Å². The minimum atomic E-state index is -1.19. The molecule has 3 nitrogen and oxygen atoms in total. The van der Waals surface area contributed by atoms with E-state index in [1.807, 2.05) is 0 Å². The van der Waals surface area contributed by atoms with Crippen molar-refractivity contribution >= 4 is 11.3 Å². The Hall–Kier alpha value is 0.0700. The maximum atomic E-state index is 10.2. The summed E-state index contributed by atoms with van der Waals surface area (Å²) < 4.78 is 17.5. The molecule has 4 heteroatoms. The number of hydrogen-bond donors (Lipinski definition) is 1. The molecule has 0 aromatic carbocycles. The molecule has 0 aromatic rings. The summed E-state index contributed by atoms with van der Waals surface area (Å²) in [6.45, 7) is 1.44. The highest BCUT2D eigenvalue weighted by Gasteiger charge is 2.03. The van der Waals surface area contributed by atoms with E-state index in [1.54, 1.807) is 0 Å². The van der Waals surface area contributed by atoms with Crippen molar-refractivity contribution < 1.29 is 8.39 Å². The molecule has 1 saturated heterocycles. The van der Waals surface area contributed by atoms with E-state index < -0.39 is 11.3 Å². The highest BCUT2D eigenvalue weighted by atomic mass is 32.2. The maximum Gasteiger partial charge on any atom is 0.234 e. The van der Waals surface area contributed by atoms with Crippen molar-refractivity contribution in [2.45, 2.75) is 6.42 Å². The van der Waals surface area contributed by atoms with E-state index in [0.717, 1.165) is 13.0 Å². The van der Waals surface area contributed by atoms with Gasteiger partial charge in [-0.05, 0) is 6.42 Å². The molecule has 7 heavy (non-hydrogen) atoms. The van der Waals surface area contributed by atoms with Crippen LogP contribution in [0.25, 0.3) is 0 Å². The Kier molecular flexibility index (Phi) is 1.78. The number of hydrogen-bond acceptors (Lipinski definition) is 2. The molecule has 42 valence electrons. The summed E-state index contributed by atoms with van der Waals surface area (Å²) in [5.74, 6) is 0. The van der Waals surface area contributed by atoms with Gasteiger partial charge in [-0.3, -0.25) is 4.18 Å². The van der Waals surface area contributed by atoms with E-state index in [4.69, 9.17) is 0 Å². The lowest BCUT2D eigenvalue weighted by Gasteiger charge is -2.08. The van der Waals surface area contributed by atoms with Crippen LogP contribution in [0.1, 0.15) is 6.42 Å². The first kappa shape index (κ1) is 5.21. The Balaban J connectivity index is 2.25. The van der Waals surface area contributed by atoms with E-state index in [0.29, 0.717) is 6.61 Å². The van der Waals surface area contributed by atoms with Crippen molar-refractivity contribution in [3.63, 3.8) is 0 Å². The number of nitrogens with one attached hydrogen (secondary N) is 1. The van der Waals surface area contributed by atoms with Crippen molar-refractivity contribution in [3.05, 3.63) is 0 Å². The van der Waals surface area contributed by atoms with Crippen LogP contribution in [0.15, 0.2) is 0 Å². The molecule has 1 unspecified atom stereocenters. The molecule has 0 spiro atoms. The maximum absolute atomic E-state index is 10.2. The van der Waals surface area contributed by atoms with E-state index in [2.05, 4.69) is 8.91 Å². The molecular formula is C3H7NO2S. The second kappa shape index (κ2) is 2.40. The zero-order chi connectivity index (χ0) is 5.11. The van der Waals surface area contributed by atoms with Crippen LogP contribution >= 0.6 is 0 Å². The predicted octanol–water partition coefficient (Wildman–Crippen LogP) is -0.425. The monoisotopic (exact) mass is 121 g/mol. The first-order chi connectivity index (χ1) is 3.39. The summed E-state index contributed by atoms with van der Waals surface area (Å²) >= 11 is -1.19. The van der Waals surface area contributed by atoms with Crippen molar-refractivity contribution in [1.29, 1.82) is 0 Å². The molecule has 1 N–H and O–H groups in total. The van der Waals surface area contributed by atoms with Crippen LogP contribution < -0.4 is 4.72 Å². The average Bonchev–Trinajstić information content (AvgIpc) is 1.69. The Bertz CT molecular complexity index is 77.0. The highest BCUT2D eigenvalue weighted by molar-refractivity contribution is 7.78. The van der Waals surface area contributed by atoms with Gasteiger partial charge in [0.15, 0.2) is 0 Å². The van der Waals surface area contributed by atoms with Gasteiger partial charge >= 0.3 is 0 Å². The lowest BCUT2D eigenvalue weighted by atomic mass is 10.5. The predicted molar refractivity (Wildman–Crippen MR) is 26.7 cm³/mol. The first-order valence-electron chi connectivity index (χ1n) is 2.18. The third kappa shape index (κ3) is 1.54. The quantitative estimate of drug-likeness (QED) is 0.472. The fourth-order valence-corrected chi connectivity index (χ4v) is 1.07. The number of rotatable bonds is 0. The minimum Gasteiger partial charge on any atom is -0.278 e. The normalized spacial score (nSPS) is 32.9. The van der Waals surface area contributed by atoms with Gasteiger partial charge in [-0.15, -0.1) is 0 Å². The molecular weight excluding hydrogens is 114 g/mol. The van der Waals surface area contributed by atoms with E-state index in [9.17, 15) is 4.21 Å². The summed E-state index contributed by atoms with van der Waals surface area (Å²) in [5, 5.41) is 0. The third-order valence-corrected chi connectivity index (χ3v) is 1.55. The Morgan fingerprint density at radius 3 is 2.86 bits per heavy atom. The standard InChI is InChI=1S/C3H7NO2S/c5-7-4-2-1-3-6-7/h4H,1-3H2. The van der Waals surface area contributed by atoms with Crippen molar-refractivity contribution in [3.8, 4) is 0 Å². The lowest BCUT2D eigenvalue weighted by Crippen LogP contribution is -2.27. The third-order valence-electron chi connectivity index (χ3n) is 0.731. The largest absolute Gasteiger partial charge is 0.278 e. The van der Waals surface area contributed by atoms with E-state index >= 15 is 0 Å². The molecule has 1 aliphatic heterocycles. The van der Waals surface area contributed by atoms with Gasteiger partial charge in [-0.1, -0.05) is 0 Å². The smallest absolute Gasteiger partial charge is 0.234 e. The zero-order valence-electron chi connectivity index (χ0n) is 3.85. The van der Waals surface area contributed by atoms with Gasteiger partial charge in [0.25, 0.3) is 0 Å². The Morgan fingerprint density at radius 1 is 1.71 bits per heavy atom. The van der Waals surface area contributed by atoms with Gasteiger partial charge in [0, 0.05) is 6.54 Å². The van der Waals surface area contributed by atoms with Crippen molar-refractivity contribution in [1.82, 2.24) is 4.72 Å². The summed E-state index contributed by atoms with van der Waals surface area (Å²) in [7, 11) is 0. The van der Waals surface area contributed by atoms with Crippen LogP contribution in [0, 0.1) is 0 Å². The van der Waals surface area contributed by atoms with Gasteiger partial charge in [0.2, 0.25) is 11.3 Å². The SMILES string of the molecule is O=S1NCCCO1. The second-order valence-corrected chi connectivity index (χ2v) is 2.30. The van der Waals surface area contributed by atoms with E-state index in [1.165, 1.54) is 0 Å². The molecule has 1 heterocycles. The molecule has 1 rings (SSSR count). The summed E-state index contributed by atoms with van der Waals surface area (Å²) in [4.78, 5) is 0. The van der Waals surface area contributed by atoms with Crippen LogP contribution in [0.2, 0.25) is 0 Å². The van der Waals surface area contributed by atoms with Crippen LogP contribution in [0.5, 0.6) is 0 Å². The molecule has 0 radical (unpaired) electrons. The fourth-order valence-electron chi connectivity index (χ4n) is 0.404. The lowest BCUT2D eigenvalue weighted by molar-refractivity contribution is 0.314. The van der Waals surface area contributed by atoms with Gasteiger partial charge in [-0.25, -0.2) is 8.93 Å². The molecule has 0 aromatic heterocycles. The Labute approximate surface area is 44.8 Å². The molecule has 1 aliphatic rings. The summed E-state index contributed by atoms with van der Waals surface area (Å²) in [6.07, 6.45) is 0.964. The molecule has 0 aliphatic carbocycles. The summed E-state index contributed by atoms with van der Waals surface area (Å²) in [6, 6.07) is 0. The van der Waals surface area contributed by atoms with Crippen LogP contribution in [0.4, 0.5) is 0 Å². The Morgan fingerprint density at radius 2 is 2.57 bits per heavy atom. The second-order valence-electron chi connectivity index (χ2n) is 1.30. The minimum absolute atomic E-state index is 0.625.